The minimum absolute atomic E-state index is 0.0357. The molecule has 1 amide bonds. The summed E-state index contributed by atoms with van der Waals surface area (Å²) < 4.78 is 43.8. The summed E-state index contributed by atoms with van der Waals surface area (Å²) in [7, 11) is 0. The first-order valence-corrected chi connectivity index (χ1v) is 7.47. The number of carbonyl (C=O) groups is 1. The number of anilines is 1. The molecule has 27 heavy (non-hydrogen) atoms. The number of carbonyl (C=O) groups excluding carboxylic acids is 1. The van der Waals surface area contributed by atoms with E-state index < -0.39 is 33.8 Å². The Labute approximate surface area is 149 Å². The van der Waals surface area contributed by atoms with E-state index in [2.05, 4.69) is 15.3 Å². The molecule has 2 heterocycles. The molecule has 0 bridgehead atoms. The Morgan fingerprint density at radius 2 is 1.96 bits per heavy atom. The van der Waals surface area contributed by atoms with Crippen LogP contribution >= 0.6 is 0 Å². The molecule has 140 valence electrons. The van der Waals surface area contributed by atoms with Crippen LogP contribution in [0.4, 0.5) is 24.7 Å². The molecule has 2 aromatic heterocycles. The molecule has 0 unspecified atom stereocenters. The second-order valence-electron chi connectivity index (χ2n) is 5.63. The van der Waals surface area contributed by atoms with Crippen molar-refractivity contribution >= 4 is 28.5 Å². The molecule has 0 aliphatic rings. The summed E-state index contributed by atoms with van der Waals surface area (Å²) in [6.07, 6.45) is -3.65. The first-order valence-electron chi connectivity index (χ1n) is 7.47. The zero-order valence-electron chi connectivity index (χ0n) is 13.9. The molecular formula is C16H11F3N4O4. The van der Waals surface area contributed by atoms with Gasteiger partial charge in [0.25, 0.3) is 11.6 Å². The molecule has 1 N–H and O–H groups in total. The molecule has 8 nitrogen and oxygen atoms in total. The number of nitrogens with one attached hydrogen (secondary N) is 1. The largest absolute Gasteiger partial charge is 0.443 e. The smallest absolute Gasteiger partial charge is 0.416 e. The highest BCUT2D eigenvalue weighted by molar-refractivity contribution is 6.09. The fourth-order valence-corrected chi connectivity index (χ4v) is 2.50. The lowest BCUT2D eigenvalue weighted by Gasteiger charge is -2.09. The van der Waals surface area contributed by atoms with E-state index in [0.717, 1.165) is 12.4 Å². The fourth-order valence-electron chi connectivity index (χ4n) is 2.50. The van der Waals surface area contributed by atoms with E-state index in [0.29, 0.717) is 28.8 Å². The van der Waals surface area contributed by atoms with Crippen LogP contribution in [0.1, 0.15) is 27.2 Å². The maximum absolute atomic E-state index is 12.8. The molecule has 0 aliphatic heterocycles. The number of amides is 1. The average molecular weight is 380 g/mol. The molecule has 0 atom stereocenters. The van der Waals surface area contributed by atoms with Crippen LogP contribution in [0.3, 0.4) is 0 Å². The van der Waals surface area contributed by atoms with Gasteiger partial charge in [-0.1, -0.05) is 0 Å². The summed E-state index contributed by atoms with van der Waals surface area (Å²) in [4.78, 5) is 30.4. The van der Waals surface area contributed by atoms with E-state index in [9.17, 15) is 28.1 Å². The lowest BCUT2D eigenvalue weighted by molar-refractivity contribution is -0.385. The summed E-state index contributed by atoms with van der Waals surface area (Å²) in [5, 5.41) is 13.9. The Kier molecular flexibility index (Phi) is 4.30. The highest BCUT2D eigenvalue weighted by atomic mass is 19.4. The van der Waals surface area contributed by atoms with Gasteiger partial charge in [-0.15, -0.1) is 0 Å². The van der Waals surface area contributed by atoms with Gasteiger partial charge in [0.2, 0.25) is 5.71 Å². The summed E-state index contributed by atoms with van der Waals surface area (Å²) in [5.41, 5.74) is -1.86. The van der Waals surface area contributed by atoms with Crippen molar-refractivity contribution < 1.29 is 27.3 Å². The quantitative estimate of drug-likeness (QED) is 0.543. The van der Waals surface area contributed by atoms with Gasteiger partial charge in [-0.05, 0) is 26.0 Å². The second kappa shape index (κ2) is 6.34. The van der Waals surface area contributed by atoms with Crippen molar-refractivity contribution in [2.24, 2.45) is 0 Å². The Bertz CT molecular complexity index is 1080. The molecule has 11 heteroatoms. The van der Waals surface area contributed by atoms with Crippen molar-refractivity contribution in [1.82, 2.24) is 9.97 Å². The van der Waals surface area contributed by atoms with Crippen molar-refractivity contribution in [2.45, 2.75) is 20.0 Å². The topological polar surface area (TPSA) is 111 Å². The van der Waals surface area contributed by atoms with Crippen molar-refractivity contribution in [3.8, 4) is 0 Å². The highest BCUT2D eigenvalue weighted by Gasteiger charge is 2.34. The van der Waals surface area contributed by atoms with Crippen LogP contribution in [-0.4, -0.2) is 20.8 Å². The number of hydrogen-bond donors (Lipinski definition) is 1. The third kappa shape index (κ3) is 3.30. The number of hydrogen-bond acceptors (Lipinski definition) is 6. The maximum atomic E-state index is 12.8. The number of halogens is 3. The molecule has 0 spiro atoms. The molecular weight excluding hydrogens is 369 g/mol. The number of fused-ring (bicyclic) bond motifs is 1. The number of aryl methyl sites for hydroxylation is 2. The standard InChI is InChI=1S/C16H11F3N4O4/c1-7-8(2)27-15-12(7)13(20-6-21-15)22-14(24)10-4-3-9(16(17,18)19)5-11(10)23(25)26/h3-6H,1-2H3,(H,20,21,22,24). The van der Waals surface area contributed by atoms with E-state index in [1.165, 1.54) is 0 Å². The van der Waals surface area contributed by atoms with Crippen LogP contribution in [-0.2, 0) is 6.18 Å². The first-order chi connectivity index (χ1) is 12.6. The van der Waals surface area contributed by atoms with Crippen molar-refractivity contribution in [3.63, 3.8) is 0 Å². The molecule has 0 aliphatic carbocycles. The van der Waals surface area contributed by atoms with Gasteiger partial charge >= 0.3 is 6.18 Å². The summed E-state index contributed by atoms with van der Waals surface area (Å²) in [6.45, 7) is 3.39. The van der Waals surface area contributed by atoms with Gasteiger partial charge < -0.3 is 9.73 Å². The van der Waals surface area contributed by atoms with Crippen molar-refractivity contribution in [1.29, 1.82) is 0 Å². The van der Waals surface area contributed by atoms with Gasteiger partial charge in [0, 0.05) is 11.6 Å². The maximum Gasteiger partial charge on any atom is 0.416 e. The van der Waals surface area contributed by atoms with Crippen LogP contribution in [0.25, 0.3) is 11.1 Å². The van der Waals surface area contributed by atoms with Crippen LogP contribution in [0, 0.1) is 24.0 Å². The molecule has 1 aromatic carbocycles. The van der Waals surface area contributed by atoms with Gasteiger partial charge in [-0.3, -0.25) is 14.9 Å². The van der Waals surface area contributed by atoms with Crippen LogP contribution < -0.4 is 5.32 Å². The fraction of sp³-hybridized carbons (Fsp3) is 0.188. The van der Waals surface area contributed by atoms with Gasteiger partial charge in [0.1, 0.15) is 23.5 Å². The number of nitrogens with zero attached hydrogens (tertiary/aromatic N) is 3. The lowest BCUT2D eigenvalue weighted by Crippen LogP contribution is -2.16. The number of benzene rings is 1. The van der Waals surface area contributed by atoms with Crippen molar-refractivity contribution in [2.75, 3.05) is 5.32 Å². The lowest BCUT2D eigenvalue weighted by atomic mass is 10.1. The molecule has 0 fully saturated rings. The number of alkyl halides is 3. The highest BCUT2D eigenvalue weighted by Crippen LogP contribution is 2.34. The Morgan fingerprint density at radius 1 is 1.26 bits per heavy atom. The Morgan fingerprint density at radius 3 is 2.59 bits per heavy atom. The van der Waals surface area contributed by atoms with E-state index >= 15 is 0 Å². The van der Waals surface area contributed by atoms with Gasteiger partial charge in [0.05, 0.1) is 15.9 Å². The monoisotopic (exact) mass is 380 g/mol. The number of nitro groups is 1. The van der Waals surface area contributed by atoms with Gasteiger partial charge in [-0.25, -0.2) is 9.97 Å². The molecule has 3 rings (SSSR count). The zero-order valence-corrected chi connectivity index (χ0v) is 13.9. The normalized spacial score (nSPS) is 11.6. The van der Waals surface area contributed by atoms with Gasteiger partial charge in [-0.2, -0.15) is 13.2 Å². The Balaban J connectivity index is 2.04. The number of rotatable bonds is 3. The van der Waals surface area contributed by atoms with Crippen LogP contribution in [0.15, 0.2) is 28.9 Å². The third-order valence-electron chi connectivity index (χ3n) is 3.96. The summed E-state index contributed by atoms with van der Waals surface area (Å²) >= 11 is 0. The number of aromatic nitrogens is 2. The summed E-state index contributed by atoms with van der Waals surface area (Å²) in [5.74, 6) is -0.399. The van der Waals surface area contributed by atoms with E-state index in [-0.39, 0.29) is 11.5 Å². The van der Waals surface area contributed by atoms with Crippen LogP contribution in [0.2, 0.25) is 0 Å². The minimum Gasteiger partial charge on any atom is -0.443 e. The second-order valence-corrected chi connectivity index (χ2v) is 5.63. The predicted molar refractivity (Wildman–Crippen MR) is 87.3 cm³/mol. The van der Waals surface area contributed by atoms with E-state index in [4.69, 9.17) is 4.42 Å². The molecule has 0 saturated carbocycles. The molecule has 3 aromatic rings. The minimum atomic E-state index is -4.77. The SMILES string of the molecule is Cc1oc2ncnc(NC(=O)c3ccc(C(F)(F)F)cc3[N+](=O)[O-])c2c1C. The first kappa shape index (κ1) is 18.3. The number of furan rings is 1. The number of nitro benzene ring substituents is 1. The summed E-state index contributed by atoms with van der Waals surface area (Å²) in [6, 6.07) is 1.67. The molecule has 0 radical (unpaired) electrons. The zero-order chi connectivity index (χ0) is 19.9. The Hall–Kier alpha value is -3.50. The van der Waals surface area contributed by atoms with E-state index in [1.54, 1.807) is 13.8 Å². The average Bonchev–Trinajstić information content (AvgIpc) is 2.88. The predicted octanol–water partition coefficient (Wildman–Crippen LogP) is 4.02. The van der Waals surface area contributed by atoms with Crippen LogP contribution in [0.5, 0.6) is 0 Å². The molecule has 0 saturated heterocycles. The van der Waals surface area contributed by atoms with Gasteiger partial charge in [0.15, 0.2) is 0 Å². The van der Waals surface area contributed by atoms with Crippen molar-refractivity contribution in [3.05, 3.63) is 57.1 Å². The third-order valence-corrected chi connectivity index (χ3v) is 3.96. The van der Waals surface area contributed by atoms with E-state index in [1.807, 2.05) is 0 Å².